The Morgan fingerprint density at radius 3 is 0.459 bits per heavy atom. The van der Waals surface area contributed by atoms with Gasteiger partial charge in [-0.3, -0.25) is 0 Å². The van der Waals surface area contributed by atoms with Gasteiger partial charge in [-0.2, -0.15) is 0 Å². The lowest BCUT2D eigenvalue weighted by Crippen LogP contribution is -1.95. The van der Waals surface area contributed by atoms with Gasteiger partial charge >= 0.3 is 0 Å². The topological polar surface area (TPSA) is 9.86 Å². The fraction of sp³-hybridized carbons (Fsp3) is 0. The number of fused-ring (bicyclic) bond motifs is 6. The molecule has 0 spiro atoms. The third-order valence-electron chi connectivity index (χ3n) is 29.3. The Bertz CT molecular complexity index is 8640. The first-order chi connectivity index (χ1) is 72.3. The van der Waals surface area contributed by atoms with Crippen LogP contribution in [0.5, 0.6) is 0 Å². The molecule has 0 aliphatic rings. The molecular weight excluding hydrogens is 1760 g/mol. The Morgan fingerprint density at radius 2 is 0.212 bits per heavy atom. The molecule has 0 unspecified atom stereocenters. The molecule has 0 bridgehead atoms. The SMILES string of the molecule is c1ccc(-c2ccc(-c3cc(-c4ccc(-c5ccccc5)cc4)cc(-c4cc(-c5cccc(-c6ccccc6)c5)cc(-c5cccc(-c6cccc(-n7c8ccccc8c8cc(-c9ccc%10c(c9)c9ccccc9n%10-c9cccc(-c%10cccc(-c%11cc(-c%12cccc(-c%13ccccc%13)c%12)cc(-c%12cc(-c%13ccc(-c%14ccccc%14)cc%13)cc(-c%13ccc(-c%14ccccc%14)cc%13)c%12)c%11)c%10)c9)ccc87)c6)c5)c4)c3)cc2)cc1. The van der Waals surface area contributed by atoms with Crippen molar-refractivity contribution in [2.45, 2.75) is 0 Å². The molecule has 146 heavy (non-hydrogen) atoms. The van der Waals surface area contributed by atoms with Gasteiger partial charge in [-0.25, -0.2) is 0 Å². The minimum atomic E-state index is 1.09. The van der Waals surface area contributed by atoms with Gasteiger partial charge in [-0.1, -0.05) is 425 Å². The number of hydrogen-bond donors (Lipinski definition) is 0. The minimum Gasteiger partial charge on any atom is -0.309 e. The highest BCUT2D eigenvalue weighted by Gasteiger charge is 2.23. The number of nitrogens with zero attached hydrogens (tertiary/aromatic N) is 2. The van der Waals surface area contributed by atoms with Crippen molar-refractivity contribution in [1.29, 1.82) is 0 Å². The van der Waals surface area contributed by atoms with Crippen LogP contribution in [0.4, 0.5) is 0 Å². The highest BCUT2D eigenvalue weighted by molar-refractivity contribution is 6.13. The molecule has 0 atom stereocenters. The van der Waals surface area contributed by atoms with E-state index >= 15 is 0 Å². The number of aromatic nitrogens is 2. The first-order valence-corrected chi connectivity index (χ1v) is 50.3. The first kappa shape index (κ1) is 87.2. The Kier molecular flexibility index (Phi) is 22.8. The quantitative estimate of drug-likeness (QED) is 0.0679. The first-order valence-electron chi connectivity index (χ1n) is 50.3. The summed E-state index contributed by atoms with van der Waals surface area (Å²) in [7, 11) is 0. The molecule has 0 saturated carbocycles. The average molecular weight is 1850 g/mol. The Labute approximate surface area is 851 Å². The van der Waals surface area contributed by atoms with E-state index in [4.69, 9.17) is 0 Å². The summed E-state index contributed by atoms with van der Waals surface area (Å²) >= 11 is 0. The lowest BCUT2D eigenvalue weighted by Gasteiger charge is -2.16. The average Bonchev–Trinajstić information content (AvgIpc) is 1.58. The zero-order chi connectivity index (χ0) is 96.7. The van der Waals surface area contributed by atoms with Gasteiger partial charge in [0.2, 0.25) is 0 Å². The van der Waals surface area contributed by atoms with Crippen molar-refractivity contribution < 1.29 is 0 Å². The highest BCUT2D eigenvalue weighted by atomic mass is 15.0. The van der Waals surface area contributed by atoms with Crippen molar-refractivity contribution in [3.63, 3.8) is 0 Å². The number of rotatable bonds is 21. The van der Waals surface area contributed by atoms with Gasteiger partial charge in [0.25, 0.3) is 0 Å². The third kappa shape index (κ3) is 17.3. The summed E-state index contributed by atoms with van der Waals surface area (Å²) in [6, 6.07) is 216. The molecule has 26 aromatic rings. The Morgan fingerprint density at radius 1 is 0.0753 bits per heavy atom. The van der Waals surface area contributed by atoms with Crippen LogP contribution in [0.25, 0.3) is 266 Å². The summed E-state index contributed by atoms with van der Waals surface area (Å²) in [6.45, 7) is 0. The lowest BCUT2D eigenvalue weighted by molar-refractivity contribution is 1.18. The van der Waals surface area contributed by atoms with E-state index in [-0.39, 0.29) is 0 Å². The molecule has 24 aromatic carbocycles. The van der Waals surface area contributed by atoms with Crippen LogP contribution in [0.2, 0.25) is 0 Å². The van der Waals surface area contributed by atoms with E-state index in [2.05, 4.69) is 592 Å². The van der Waals surface area contributed by atoms with Gasteiger partial charge in [0.05, 0.1) is 22.1 Å². The van der Waals surface area contributed by atoms with Crippen molar-refractivity contribution in [3.05, 3.63) is 582 Å². The second kappa shape index (κ2) is 38.1. The summed E-state index contributed by atoms with van der Waals surface area (Å²) in [4.78, 5) is 0. The van der Waals surface area contributed by atoms with E-state index in [9.17, 15) is 0 Å². The Hall–Kier alpha value is -19.1. The van der Waals surface area contributed by atoms with Gasteiger partial charge in [0.15, 0.2) is 0 Å². The molecule has 2 aromatic heterocycles. The third-order valence-corrected chi connectivity index (χ3v) is 29.3. The summed E-state index contributed by atoms with van der Waals surface area (Å²) in [6.07, 6.45) is 0. The predicted octanol–water partition coefficient (Wildman–Crippen LogP) is 39.6. The maximum Gasteiger partial charge on any atom is 0.0541 e. The highest BCUT2D eigenvalue weighted by Crippen LogP contribution is 2.47. The van der Waals surface area contributed by atoms with Crippen LogP contribution in [-0.4, -0.2) is 9.13 Å². The normalized spacial score (nSPS) is 11.4. The van der Waals surface area contributed by atoms with Crippen LogP contribution >= 0.6 is 0 Å². The molecule has 0 radical (unpaired) electrons. The predicted molar refractivity (Wildman–Crippen MR) is 618 cm³/mol. The minimum absolute atomic E-state index is 1.09. The van der Waals surface area contributed by atoms with Crippen LogP contribution in [-0.2, 0) is 0 Å². The maximum atomic E-state index is 2.46. The van der Waals surface area contributed by atoms with Crippen LogP contribution in [0, 0.1) is 0 Å². The van der Waals surface area contributed by atoms with Crippen molar-refractivity contribution in [1.82, 2.24) is 9.13 Å². The summed E-state index contributed by atoms with van der Waals surface area (Å²) < 4.78 is 4.91. The molecule has 682 valence electrons. The molecular formula is C144H96N2. The van der Waals surface area contributed by atoms with Gasteiger partial charge < -0.3 is 9.13 Å². The van der Waals surface area contributed by atoms with E-state index in [0.29, 0.717) is 0 Å². The summed E-state index contributed by atoms with van der Waals surface area (Å²) in [5.41, 5.74) is 50.8. The van der Waals surface area contributed by atoms with Crippen molar-refractivity contribution in [2.75, 3.05) is 0 Å². The zero-order valence-electron chi connectivity index (χ0n) is 80.3. The van der Waals surface area contributed by atoms with E-state index in [1.54, 1.807) is 0 Å². The lowest BCUT2D eigenvalue weighted by atomic mass is 9.88. The van der Waals surface area contributed by atoms with Crippen LogP contribution in [0.15, 0.2) is 582 Å². The number of hydrogen-bond acceptors (Lipinski definition) is 0. The van der Waals surface area contributed by atoms with Crippen molar-refractivity contribution >= 4 is 43.6 Å². The van der Waals surface area contributed by atoms with Crippen LogP contribution < -0.4 is 0 Å². The standard InChI is InChI=1S/C144H96N2/c1-7-29-97(30-8-1)103-57-65-107(66-58-103)123-81-124(108-67-59-104(60-68-108)98-31-9-2-10-32-98)84-131(83-123)133-89-127(115-45-23-41-111(77-115)101-37-15-5-16-38-101)87-129(91-133)117-47-25-43-113(79-117)119-49-27-51-135(93-119)145-141-55-21-19-53-137(141)139-95-121(73-75-143(139)145)122-74-76-144-140(96-122)138-54-20-22-56-142(138)146(144)136-52-28-50-120(94-136)114-44-26-48-118(80-114)130-88-128(116-46-24-42-112(78-116)102-39-17-6-18-40-102)90-134(92-130)132-85-125(109-69-61-105(62-70-109)99-33-11-3-12-34-99)82-126(86-132)110-71-63-106(64-72-110)100-35-13-4-14-36-100/h1-96H. The molecule has 0 aliphatic carbocycles. The van der Waals surface area contributed by atoms with Gasteiger partial charge in [0, 0.05) is 32.9 Å². The molecule has 2 heterocycles. The van der Waals surface area contributed by atoms with Crippen LogP contribution in [0.3, 0.4) is 0 Å². The summed E-state index contributed by atoms with van der Waals surface area (Å²) in [5.74, 6) is 0. The molecule has 0 aliphatic heterocycles. The van der Waals surface area contributed by atoms with Gasteiger partial charge in [0.1, 0.15) is 0 Å². The number of benzene rings is 24. The Balaban J connectivity index is 0.530. The molecule has 0 saturated heterocycles. The van der Waals surface area contributed by atoms with Crippen molar-refractivity contribution in [2.24, 2.45) is 0 Å². The summed E-state index contributed by atoms with van der Waals surface area (Å²) in [5, 5.41) is 4.79. The van der Waals surface area contributed by atoms with Gasteiger partial charge in [-0.15, -0.1) is 0 Å². The second-order valence-electron chi connectivity index (χ2n) is 38.3. The number of para-hydroxylation sites is 2. The largest absolute Gasteiger partial charge is 0.309 e. The smallest absolute Gasteiger partial charge is 0.0541 e. The molecule has 2 nitrogen and oxygen atoms in total. The van der Waals surface area contributed by atoms with E-state index in [1.807, 2.05) is 0 Å². The zero-order valence-corrected chi connectivity index (χ0v) is 80.3. The molecule has 2 heteroatoms. The van der Waals surface area contributed by atoms with E-state index in [1.165, 1.54) is 88.3 Å². The van der Waals surface area contributed by atoms with E-state index in [0.717, 1.165) is 178 Å². The second-order valence-corrected chi connectivity index (χ2v) is 38.3. The molecule has 0 N–H and O–H groups in total. The molecule has 0 fully saturated rings. The van der Waals surface area contributed by atoms with Gasteiger partial charge in [-0.05, 0) is 369 Å². The maximum absolute atomic E-state index is 2.46. The fourth-order valence-electron chi connectivity index (χ4n) is 21.7. The molecule has 0 amide bonds. The fourth-order valence-corrected chi connectivity index (χ4v) is 21.7. The molecule has 26 rings (SSSR count). The van der Waals surface area contributed by atoms with Crippen molar-refractivity contribution in [3.8, 4) is 223 Å². The monoisotopic (exact) mass is 1850 g/mol. The van der Waals surface area contributed by atoms with Crippen LogP contribution in [0.1, 0.15) is 0 Å². The van der Waals surface area contributed by atoms with E-state index < -0.39 is 0 Å².